The molecule has 7 heteroatoms. The van der Waals surface area contributed by atoms with Crippen LogP contribution in [0.15, 0.2) is 71.6 Å². The van der Waals surface area contributed by atoms with Gasteiger partial charge in [-0.1, -0.05) is 53.5 Å². The number of ether oxygens (including phenoxy) is 1. The highest BCUT2D eigenvalue weighted by atomic mass is 35.5. The molecule has 4 nitrogen and oxygen atoms in total. The summed E-state index contributed by atoms with van der Waals surface area (Å²) >= 11 is 12.4. The Bertz CT molecular complexity index is 1070. The number of halogens is 2. The molecule has 0 unspecified atom stereocenters. The van der Waals surface area contributed by atoms with Crippen LogP contribution in [0.2, 0.25) is 10.0 Å². The molecule has 0 saturated heterocycles. The zero-order chi connectivity index (χ0) is 19.4. The number of benzene rings is 3. The average molecular weight is 422 g/mol. The van der Waals surface area contributed by atoms with Gasteiger partial charge < -0.3 is 4.74 Å². The third-order valence-electron chi connectivity index (χ3n) is 4.01. The highest BCUT2D eigenvalue weighted by molar-refractivity contribution is 7.92. The molecule has 0 aromatic heterocycles. The number of para-hydroxylation sites is 1. The van der Waals surface area contributed by atoms with E-state index < -0.39 is 10.0 Å². The minimum atomic E-state index is -3.84. The van der Waals surface area contributed by atoms with Crippen LogP contribution in [0.25, 0.3) is 0 Å². The summed E-state index contributed by atoms with van der Waals surface area (Å²) in [5, 5.41) is 1.12. The number of hydrogen-bond donors (Lipinski definition) is 1. The van der Waals surface area contributed by atoms with Crippen LogP contribution in [0, 0.1) is 0 Å². The first kappa shape index (κ1) is 19.5. The highest BCUT2D eigenvalue weighted by Gasteiger charge is 2.20. The summed E-state index contributed by atoms with van der Waals surface area (Å²) in [4.78, 5) is 0.0612. The maximum Gasteiger partial charge on any atom is 0.265 e. The molecule has 1 N–H and O–H groups in total. The molecule has 0 aliphatic heterocycles. The highest BCUT2D eigenvalue weighted by Crippen LogP contribution is 2.30. The second-order valence-electron chi connectivity index (χ2n) is 5.83. The zero-order valence-corrected chi connectivity index (χ0v) is 16.8. The van der Waals surface area contributed by atoms with Crippen molar-refractivity contribution >= 4 is 38.9 Å². The molecule has 0 radical (unpaired) electrons. The predicted octanol–water partition coefficient (Wildman–Crippen LogP) is 5.39. The number of sulfonamides is 1. The molecule has 0 aliphatic rings. The van der Waals surface area contributed by atoms with Crippen LogP contribution >= 0.6 is 23.2 Å². The van der Waals surface area contributed by atoms with Crippen molar-refractivity contribution in [2.45, 2.75) is 11.3 Å². The van der Waals surface area contributed by atoms with Gasteiger partial charge in [-0.15, -0.1) is 0 Å². The van der Waals surface area contributed by atoms with Gasteiger partial charge in [0.2, 0.25) is 0 Å². The SMILES string of the molecule is COc1ccccc1S(=O)(=O)Nc1ccc(Cl)cc1Cc1ccccc1Cl. The van der Waals surface area contributed by atoms with Crippen molar-refractivity contribution in [2.24, 2.45) is 0 Å². The van der Waals surface area contributed by atoms with Crippen molar-refractivity contribution in [3.63, 3.8) is 0 Å². The number of hydrogen-bond acceptors (Lipinski definition) is 3. The fraction of sp³-hybridized carbons (Fsp3) is 0.100. The van der Waals surface area contributed by atoms with E-state index in [1.807, 2.05) is 18.2 Å². The van der Waals surface area contributed by atoms with Crippen LogP contribution in [0.1, 0.15) is 11.1 Å². The molecule has 3 aromatic rings. The van der Waals surface area contributed by atoms with Gasteiger partial charge in [0.15, 0.2) is 0 Å². The van der Waals surface area contributed by atoms with Gasteiger partial charge in [-0.25, -0.2) is 8.42 Å². The second-order valence-corrected chi connectivity index (χ2v) is 8.32. The summed E-state index contributed by atoms with van der Waals surface area (Å²) in [6, 6.07) is 18.9. The Balaban J connectivity index is 1.99. The largest absolute Gasteiger partial charge is 0.495 e. The van der Waals surface area contributed by atoms with Crippen LogP contribution in [0.4, 0.5) is 5.69 Å². The van der Waals surface area contributed by atoms with E-state index >= 15 is 0 Å². The molecule has 0 heterocycles. The Kier molecular flexibility index (Phi) is 5.95. The molecule has 0 aliphatic carbocycles. The first-order valence-electron chi connectivity index (χ1n) is 8.08. The summed E-state index contributed by atoms with van der Waals surface area (Å²) in [5.74, 6) is 0.270. The fourth-order valence-corrected chi connectivity index (χ4v) is 4.37. The van der Waals surface area contributed by atoms with Gasteiger partial charge in [-0.3, -0.25) is 4.72 Å². The minimum absolute atomic E-state index is 0.0612. The predicted molar refractivity (Wildman–Crippen MR) is 110 cm³/mol. The Labute approximate surface area is 168 Å². The molecule has 0 bridgehead atoms. The Hall–Kier alpha value is -2.21. The van der Waals surface area contributed by atoms with Crippen LogP contribution in [-0.2, 0) is 16.4 Å². The number of nitrogens with one attached hydrogen (secondary N) is 1. The van der Waals surface area contributed by atoms with E-state index in [0.717, 1.165) is 5.56 Å². The first-order valence-corrected chi connectivity index (χ1v) is 10.3. The van der Waals surface area contributed by atoms with Crippen molar-refractivity contribution in [3.8, 4) is 5.75 Å². The molecule has 3 rings (SSSR count). The lowest BCUT2D eigenvalue weighted by atomic mass is 10.0. The van der Waals surface area contributed by atoms with Crippen LogP contribution in [0.3, 0.4) is 0 Å². The van der Waals surface area contributed by atoms with Gasteiger partial charge in [0, 0.05) is 16.5 Å². The molecule has 0 saturated carbocycles. The smallest absolute Gasteiger partial charge is 0.265 e. The summed E-state index contributed by atoms with van der Waals surface area (Å²) in [6.07, 6.45) is 0.435. The number of anilines is 1. The third-order valence-corrected chi connectivity index (χ3v) is 6.02. The molecular weight excluding hydrogens is 405 g/mol. The van der Waals surface area contributed by atoms with Crippen molar-refractivity contribution in [3.05, 3.63) is 87.9 Å². The lowest BCUT2D eigenvalue weighted by Crippen LogP contribution is -2.15. The van der Waals surface area contributed by atoms with Crippen molar-refractivity contribution < 1.29 is 13.2 Å². The topological polar surface area (TPSA) is 55.4 Å². The number of methoxy groups -OCH3 is 1. The molecule has 0 atom stereocenters. The van der Waals surface area contributed by atoms with Gasteiger partial charge in [0.1, 0.15) is 10.6 Å². The lowest BCUT2D eigenvalue weighted by molar-refractivity contribution is 0.403. The molecule has 0 fully saturated rings. The molecule has 3 aromatic carbocycles. The maximum atomic E-state index is 12.9. The molecular formula is C20H17Cl2NO3S. The molecule has 0 amide bonds. The molecule has 0 spiro atoms. The maximum absolute atomic E-state index is 12.9. The van der Waals surface area contributed by atoms with Crippen molar-refractivity contribution in [2.75, 3.05) is 11.8 Å². The third kappa shape index (κ3) is 4.56. The van der Waals surface area contributed by atoms with Crippen LogP contribution in [0.5, 0.6) is 5.75 Å². The minimum Gasteiger partial charge on any atom is -0.495 e. The Morgan fingerprint density at radius 2 is 1.63 bits per heavy atom. The van der Waals surface area contributed by atoms with Gasteiger partial charge >= 0.3 is 0 Å². The van der Waals surface area contributed by atoms with Gasteiger partial charge in [0.05, 0.1) is 12.8 Å². The first-order chi connectivity index (χ1) is 12.9. The van der Waals surface area contributed by atoms with Gasteiger partial charge in [0.25, 0.3) is 10.0 Å². The summed E-state index contributed by atoms with van der Waals surface area (Å²) in [6.45, 7) is 0. The zero-order valence-electron chi connectivity index (χ0n) is 14.4. The Morgan fingerprint density at radius 3 is 2.37 bits per heavy atom. The fourth-order valence-electron chi connectivity index (χ4n) is 2.70. The van der Waals surface area contributed by atoms with E-state index in [0.29, 0.717) is 27.7 Å². The molecule has 27 heavy (non-hydrogen) atoms. The number of rotatable bonds is 6. The van der Waals surface area contributed by atoms with E-state index in [-0.39, 0.29) is 10.6 Å². The quantitative estimate of drug-likeness (QED) is 0.579. The lowest BCUT2D eigenvalue weighted by Gasteiger charge is -2.15. The normalized spacial score (nSPS) is 11.2. The van der Waals surface area contributed by atoms with Gasteiger partial charge in [-0.05, 0) is 47.5 Å². The average Bonchev–Trinajstić information content (AvgIpc) is 2.65. The van der Waals surface area contributed by atoms with E-state index in [4.69, 9.17) is 27.9 Å². The standard InChI is InChI=1S/C20H17Cl2NO3S/c1-26-19-8-4-5-9-20(19)27(24,25)23-18-11-10-16(21)13-15(18)12-14-6-2-3-7-17(14)22/h2-11,13,23H,12H2,1H3. The van der Waals surface area contributed by atoms with Crippen LogP contribution < -0.4 is 9.46 Å². The summed E-state index contributed by atoms with van der Waals surface area (Å²) in [5.41, 5.74) is 2.03. The summed E-state index contributed by atoms with van der Waals surface area (Å²) < 4.78 is 33.6. The van der Waals surface area contributed by atoms with Gasteiger partial charge in [-0.2, -0.15) is 0 Å². The van der Waals surface area contributed by atoms with E-state index in [1.165, 1.54) is 13.2 Å². The Morgan fingerprint density at radius 1 is 0.926 bits per heavy atom. The van der Waals surface area contributed by atoms with Crippen LogP contribution in [-0.4, -0.2) is 15.5 Å². The van der Waals surface area contributed by atoms with E-state index in [9.17, 15) is 8.42 Å². The van der Waals surface area contributed by atoms with E-state index in [2.05, 4.69) is 4.72 Å². The summed E-state index contributed by atoms with van der Waals surface area (Å²) in [7, 11) is -2.41. The monoisotopic (exact) mass is 421 g/mol. The van der Waals surface area contributed by atoms with Crippen molar-refractivity contribution in [1.82, 2.24) is 0 Å². The van der Waals surface area contributed by atoms with E-state index in [1.54, 1.807) is 42.5 Å². The molecule has 140 valence electrons. The van der Waals surface area contributed by atoms with Crippen molar-refractivity contribution in [1.29, 1.82) is 0 Å². The second kappa shape index (κ2) is 8.21.